The number of fused-ring (bicyclic) bond motifs is 2. The van der Waals surface area contributed by atoms with E-state index >= 15 is 0 Å². The maximum Gasteiger partial charge on any atom is 0.303 e. The van der Waals surface area contributed by atoms with Crippen molar-refractivity contribution >= 4 is 22.6 Å². The van der Waals surface area contributed by atoms with Crippen LogP contribution in [0.3, 0.4) is 0 Å². The van der Waals surface area contributed by atoms with Gasteiger partial charge in [0, 0.05) is 43.6 Å². The maximum absolute atomic E-state index is 14.3. The van der Waals surface area contributed by atoms with Crippen LogP contribution in [-0.2, 0) is 14.9 Å². The number of likely N-dealkylation sites (tertiary alicyclic amines) is 1. The molecule has 3 aromatic rings. The Morgan fingerprint density at radius 2 is 1.79 bits per heavy atom. The molecule has 6 rings (SSSR count). The van der Waals surface area contributed by atoms with Gasteiger partial charge in [0.1, 0.15) is 11.4 Å². The summed E-state index contributed by atoms with van der Waals surface area (Å²) in [7, 11) is 0. The maximum atomic E-state index is 14.3. The van der Waals surface area contributed by atoms with Gasteiger partial charge in [0.2, 0.25) is 0 Å². The highest BCUT2D eigenvalue weighted by atomic mass is 16.6. The van der Waals surface area contributed by atoms with Crippen molar-refractivity contribution in [3.63, 3.8) is 0 Å². The molecule has 2 aliphatic carbocycles. The third-order valence-electron chi connectivity index (χ3n) is 9.88. The first kappa shape index (κ1) is 28.7. The van der Waals surface area contributed by atoms with E-state index in [1.165, 1.54) is 19.8 Å². The Morgan fingerprint density at radius 3 is 2.50 bits per heavy atom. The lowest BCUT2D eigenvalue weighted by Gasteiger charge is -2.60. The van der Waals surface area contributed by atoms with Gasteiger partial charge in [-0.25, -0.2) is 0 Å². The molecule has 0 unspecified atom stereocenters. The van der Waals surface area contributed by atoms with Crippen LogP contribution in [-0.4, -0.2) is 64.6 Å². The molecule has 6 heteroatoms. The Labute approximate surface area is 249 Å². The van der Waals surface area contributed by atoms with Gasteiger partial charge in [0.05, 0.1) is 0 Å². The highest BCUT2D eigenvalue weighted by molar-refractivity contribution is 5.98. The Balaban J connectivity index is 1.39. The smallest absolute Gasteiger partial charge is 0.303 e. The van der Waals surface area contributed by atoms with Crippen molar-refractivity contribution in [2.45, 2.75) is 76.4 Å². The molecule has 1 N–H and O–H groups in total. The second kappa shape index (κ2) is 11.4. The molecule has 0 spiro atoms. The van der Waals surface area contributed by atoms with Crippen LogP contribution < -0.4 is 0 Å². The fourth-order valence-electron chi connectivity index (χ4n) is 7.83. The molecule has 42 heavy (non-hydrogen) atoms. The van der Waals surface area contributed by atoms with Gasteiger partial charge in [-0.1, -0.05) is 56.3 Å². The van der Waals surface area contributed by atoms with Crippen molar-refractivity contribution in [3.05, 3.63) is 77.9 Å². The fraction of sp³-hybridized carbons (Fsp3) is 0.500. The Hall–Kier alpha value is -3.38. The summed E-state index contributed by atoms with van der Waals surface area (Å²) in [6, 6.07) is 21.6. The van der Waals surface area contributed by atoms with Crippen molar-refractivity contribution in [2.24, 2.45) is 11.8 Å². The third kappa shape index (κ3) is 5.54. The van der Waals surface area contributed by atoms with Crippen LogP contribution in [0.2, 0.25) is 0 Å². The number of amides is 1. The summed E-state index contributed by atoms with van der Waals surface area (Å²) in [6.45, 7) is 9.13. The van der Waals surface area contributed by atoms with Gasteiger partial charge in [-0.05, 0) is 97.5 Å². The standard InChI is InChI=1S/C36H44N2O4/c1-25(2)22-38(34(41)30-14-13-28-7-4-5-8-29(28)19-30)32-15-16-36(42-26(3)39)24-37(23-27-11-12-27)18-17-35(36,21-32)31-9-6-10-33(40)20-31/h4-10,13-14,19-20,25,27,32,40H,11-12,15-18,21-24H2,1-3H3/t32-,35-,36-/m0/s1. The molecule has 2 saturated carbocycles. The third-order valence-corrected chi connectivity index (χ3v) is 9.88. The second-order valence-electron chi connectivity index (χ2n) is 13.5. The van der Waals surface area contributed by atoms with Gasteiger partial charge in [-0.15, -0.1) is 0 Å². The summed E-state index contributed by atoms with van der Waals surface area (Å²) in [5.74, 6) is 1.04. The monoisotopic (exact) mass is 568 g/mol. The molecule has 6 nitrogen and oxygen atoms in total. The van der Waals surface area contributed by atoms with E-state index in [1.54, 1.807) is 6.07 Å². The van der Waals surface area contributed by atoms with Crippen LogP contribution in [0.4, 0.5) is 0 Å². The normalized spacial score (nSPS) is 26.1. The van der Waals surface area contributed by atoms with E-state index < -0.39 is 11.0 Å². The van der Waals surface area contributed by atoms with Gasteiger partial charge in [0.15, 0.2) is 0 Å². The number of hydrogen-bond acceptors (Lipinski definition) is 5. The zero-order valence-electron chi connectivity index (χ0n) is 25.2. The van der Waals surface area contributed by atoms with Gasteiger partial charge in [-0.2, -0.15) is 0 Å². The quantitative estimate of drug-likeness (QED) is 0.312. The number of phenolic OH excluding ortho intramolecular Hbond substituents is 1. The molecule has 3 fully saturated rings. The zero-order chi connectivity index (χ0) is 29.5. The molecular formula is C36H44N2O4. The van der Waals surface area contributed by atoms with E-state index in [2.05, 4.69) is 41.8 Å². The SMILES string of the molecule is CC(=O)O[C@]12CC[C@H](N(CC(C)C)C(=O)c3ccc4ccccc4c3)C[C@]1(c1cccc(O)c1)CCN(CC1CC1)C2. The first-order chi connectivity index (χ1) is 20.2. The summed E-state index contributed by atoms with van der Waals surface area (Å²) in [4.78, 5) is 31.6. The lowest BCUT2D eigenvalue weighted by molar-refractivity contribution is -0.189. The number of nitrogens with zero attached hydrogens (tertiary/aromatic N) is 2. The molecule has 1 amide bonds. The van der Waals surface area contributed by atoms with Gasteiger partial charge < -0.3 is 14.7 Å². The summed E-state index contributed by atoms with van der Waals surface area (Å²) >= 11 is 0. The number of carbonyl (C=O) groups excluding carboxylic acids is 2. The van der Waals surface area contributed by atoms with Gasteiger partial charge >= 0.3 is 5.97 Å². The van der Waals surface area contributed by atoms with E-state index in [0.717, 1.165) is 48.2 Å². The summed E-state index contributed by atoms with van der Waals surface area (Å²) < 4.78 is 6.45. The molecule has 0 radical (unpaired) electrons. The lowest BCUT2D eigenvalue weighted by Crippen LogP contribution is -2.69. The summed E-state index contributed by atoms with van der Waals surface area (Å²) in [5, 5.41) is 12.8. The highest BCUT2D eigenvalue weighted by Crippen LogP contribution is 2.55. The van der Waals surface area contributed by atoms with Crippen molar-refractivity contribution < 1.29 is 19.4 Å². The van der Waals surface area contributed by atoms with Crippen LogP contribution in [0.1, 0.15) is 75.2 Å². The number of rotatable bonds is 8. The van der Waals surface area contributed by atoms with Crippen LogP contribution >= 0.6 is 0 Å². The lowest BCUT2D eigenvalue weighted by atomic mass is 9.54. The predicted octanol–water partition coefficient (Wildman–Crippen LogP) is 6.55. The first-order valence-corrected chi connectivity index (χ1v) is 15.7. The van der Waals surface area contributed by atoms with Crippen LogP contribution in [0.15, 0.2) is 66.7 Å². The molecule has 1 aliphatic heterocycles. The van der Waals surface area contributed by atoms with E-state index in [1.807, 2.05) is 42.5 Å². The van der Waals surface area contributed by atoms with E-state index in [0.29, 0.717) is 37.4 Å². The number of hydrogen-bond donors (Lipinski definition) is 1. The zero-order valence-corrected chi connectivity index (χ0v) is 25.2. The molecule has 3 atom stereocenters. The molecule has 0 bridgehead atoms. The average Bonchev–Trinajstić information content (AvgIpc) is 3.78. The minimum atomic E-state index is -0.717. The number of phenols is 1. The number of piperidine rings is 1. The Kier molecular flexibility index (Phi) is 7.77. The number of esters is 1. The highest BCUT2D eigenvalue weighted by Gasteiger charge is 2.61. The molecule has 0 aromatic heterocycles. The van der Waals surface area contributed by atoms with Gasteiger partial charge in [-0.3, -0.25) is 14.5 Å². The van der Waals surface area contributed by atoms with Crippen LogP contribution in [0.25, 0.3) is 10.8 Å². The van der Waals surface area contributed by atoms with Crippen molar-refractivity contribution in [1.29, 1.82) is 0 Å². The van der Waals surface area contributed by atoms with E-state index in [4.69, 9.17) is 4.74 Å². The van der Waals surface area contributed by atoms with Gasteiger partial charge in [0.25, 0.3) is 5.91 Å². The number of benzene rings is 3. The number of aromatic hydroxyl groups is 1. The summed E-state index contributed by atoms with van der Waals surface area (Å²) in [6.07, 6.45) is 5.49. The Bertz CT molecular complexity index is 1470. The van der Waals surface area contributed by atoms with Crippen molar-refractivity contribution in [2.75, 3.05) is 26.2 Å². The van der Waals surface area contributed by atoms with Crippen molar-refractivity contribution in [1.82, 2.24) is 9.80 Å². The topological polar surface area (TPSA) is 70.1 Å². The minimum Gasteiger partial charge on any atom is -0.508 e. The van der Waals surface area contributed by atoms with Crippen LogP contribution in [0.5, 0.6) is 5.75 Å². The van der Waals surface area contributed by atoms with E-state index in [-0.39, 0.29) is 23.7 Å². The Morgan fingerprint density at radius 1 is 1.00 bits per heavy atom. The van der Waals surface area contributed by atoms with Crippen molar-refractivity contribution in [3.8, 4) is 5.75 Å². The molecular weight excluding hydrogens is 524 g/mol. The first-order valence-electron chi connectivity index (χ1n) is 15.7. The molecule has 1 saturated heterocycles. The fourth-order valence-corrected chi connectivity index (χ4v) is 7.83. The van der Waals surface area contributed by atoms with Crippen LogP contribution in [0, 0.1) is 11.8 Å². The molecule has 1 heterocycles. The molecule has 3 aromatic carbocycles. The summed E-state index contributed by atoms with van der Waals surface area (Å²) in [5.41, 5.74) is 0.476. The molecule has 3 aliphatic rings. The largest absolute Gasteiger partial charge is 0.508 e. The number of carbonyl (C=O) groups is 2. The second-order valence-corrected chi connectivity index (χ2v) is 13.5. The number of ether oxygens (including phenoxy) is 1. The van der Waals surface area contributed by atoms with E-state index in [9.17, 15) is 14.7 Å². The predicted molar refractivity (Wildman–Crippen MR) is 166 cm³/mol. The average molecular weight is 569 g/mol. The minimum absolute atomic E-state index is 0.0209. The molecule has 222 valence electrons.